The molecule has 6 nitrogen and oxygen atoms in total. The summed E-state index contributed by atoms with van der Waals surface area (Å²) in [6.45, 7) is 5.37. The average Bonchev–Trinajstić information content (AvgIpc) is 2.57. The van der Waals surface area contributed by atoms with Crippen LogP contribution >= 0.6 is 0 Å². The molecular formula is C19H26N2O4. The van der Waals surface area contributed by atoms with Crippen molar-refractivity contribution < 1.29 is 19.1 Å². The van der Waals surface area contributed by atoms with Crippen molar-refractivity contribution in [3.63, 3.8) is 0 Å². The molecule has 1 aromatic carbocycles. The van der Waals surface area contributed by atoms with Gasteiger partial charge >= 0.3 is 5.97 Å². The molecule has 3 atom stereocenters. The number of esters is 1. The highest BCUT2D eigenvalue weighted by atomic mass is 16.5. The van der Waals surface area contributed by atoms with Crippen LogP contribution in [0.3, 0.4) is 0 Å². The number of amides is 2. The van der Waals surface area contributed by atoms with Crippen LogP contribution in [-0.4, -0.2) is 30.4 Å². The van der Waals surface area contributed by atoms with Crippen molar-refractivity contribution in [2.75, 3.05) is 11.9 Å². The van der Waals surface area contributed by atoms with E-state index in [2.05, 4.69) is 24.5 Å². The maximum absolute atomic E-state index is 12.2. The second-order valence-corrected chi connectivity index (χ2v) is 6.74. The van der Waals surface area contributed by atoms with Gasteiger partial charge < -0.3 is 15.4 Å². The van der Waals surface area contributed by atoms with Crippen LogP contribution in [-0.2, 0) is 14.3 Å². The third-order valence-corrected chi connectivity index (χ3v) is 4.85. The molecule has 0 saturated heterocycles. The van der Waals surface area contributed by atoms with Gasteiger partial charge in [-0.25, -0.2) is 4.79 Å². The molecule has 1 aliphatic rings. The number of benzene rings is 1. The molecule has 1 aromatic rings. The first-order chi connectivity index (χ1) is 11.9. The first kappa shape index (κ1) is 19.0. The van der Waals surface area contributed by atoms with Crippen LogP contribution in [0.2, 0.25) is 0 Å². The van der Waals surface area contributed by atoms with Crippen LogP contribution < -0.4 is 10.6 Å². The van der Waals surface area contributed by atoms with Gasteiger partial charge in [-0.3, -0.25) is 9.59 Å². The first-order valence-corrected chi connectivity index (χ1v) is 8.71. The molecule has 1 fully saturated rings. The van der Waals surface area contributed by atoms with Gasteiger partial charge in [0.1, 0.15) is 0 Å². The topological polar surface area (TPSA) is 84.5 Å². The zero-order chi connectivity index (χ0) is 18.4. The third-order valence-electron chi connectivity index (χ3n) is 4.85. The van der Waals surface area contributed by atoms with Gasteiger partial charge in [-0.2, -0.15) is 0 Å². The number of carbonyl (C=O) groups is 3. The molecule has 0 spiro atoms. The zero-order valence-corrected chi connectivity index (χ0v) is 15.0. The summed E-state index contributed by atoms with van der Waals surface area (Å²) in [7, 11) is 0. The van der Waals surface area contributed by atoms with Crippen LogP contribution in [0.4, 0.5) is 5.69 Å². The quantitative estimate of drug-likeness (QED) is 0.803. The Kier molecular flexibility index (Phi) is 6.56. The maximum atomic E-state index is 12.2. The van der Waals surface area contributed by atoms with E-state index in [1.165, 1.54) is 13.3 Å². The predicted octanol–water partition coefficient (Wildman–Crippen LogP) is 2.74. The van der Waals surface area contributed by atoms with E-state index in [0.29, 0.717) is 17.5 Å². The van der Waals surface area contributed by atoms with Gasteiger partial charge in [0.2, 0.25) is 5.91 Å². The van der Waals surface area contributed by atoms with Crippen molar-refractivity contribution in [2.45, 2.75) is 46.1 Å². The highest BCUT2D eigenvalue weighted by Crippen LogP contribution is 2.29. The monoisotopic (exact) mass is 346 g/mol. The van der Waals surface area contributed by atoms with Crippen molar-refractivity contribution in [1.82, 2.24) is 5.32 Å². The minimum Gasteiger partial charge on any atom is -0.452 e. The van der Waals surface area contributed by atoms with Crippen LogP contribution in [0, 0.1) is 11.8 Å². The number of hydrogen-bond donors (Lipinski definition) is 2. The predicted molar refractivity (Wildman–Crippen MR) is 95.1 cm³/mol. The Bertz CT molecular complexity index is 644. The Morgan fingerprint density at radius 1 is 1.16 bits per heavy atom. The SMILES string of the molecule is CC(=O)Nc1ccccc1C(=O)OCC(=O)NC1CCCC(C)C1C. The Morgan fingerprint density at radius 2 is 1.88 bits per heavy atom. The summed E-state index contributed by atoms with van der Waals surface area (Å²) in [5.41, 5.74) is 0.597. The largest absolute Gasteiger partial charge is 0.452 e. The Labute approximate surface area is 148 Å². The smallest absolute Gasteiger partial charge is 0.340 e. The van der Waals surface area contributed by atoms with E-state index < -0.39 is 5.97 Å². The van der Waals surface area contributed by atoms with Crippen molar-refractivity contribution in [3.05, 3.63) is 29.8 Å². The van der Waals surface area contributed by atoms with Gasteiger partial charge in [0.25, 0.3) is 5.91 Å². The summed E-state index contributed by atoms with van der Waals surface area (Å²) >= 11 is 0. The van der Waals surface area contributed by atoms with E-state index in [4.69, 9.17) is 4.74 Å². The number of anilines is 1. The zero-order valence-electron chi connectivity index (χ0n) is 15.0. The van der Waals surface area contributed by atoms with Crippen LogP contribution in [0.5, 0.6) is 0 Å². The van der Waals surface area contributed by atoms with Crippen molar-refractivity contribution in [1.29, 1.82) is 0 Å². The van der Waals surface area contributed by atoms with E-state index in [1.54, 1.807) is 24.3 Å². The van der Waals surface area contributed by atoms with E-state index in [9.17, 15) is 14.4 Å². The van der Waals surface area contributed by atoms with Crippen LogP contribution in [0.15, 0.2) is 24.3 Å². The van der Waals surface area contributed by atoms with Crippen molar-refractivity contribution >= 4 is 23.5 Å². The molecule has 3 unspecified atom stereocenters. The normalized spacial score (nSPS) is 22.8. The summed E-state index contributed by atoms with van der Waals surface area (Å²) in [6, 6.07) is 6.68. The van der Waals surface area contributed by atoms with Crippen LogP contribution in [0.1, 0.15) is 50.4 Å². The van der Waals surface area contributed by atoms with E-state index in [1.807, 2.05) is 0 Å². The molecule has 0 aliphatic heterocycles. The van der Waals surface area contributed by atoms with Gasteiger partial charge in [-0.05, 0) is 30.4 Å². The minimum atomic E-state index is -0.635. The second-order valence-electron chi connectivity index (χ2n) is 6.74. The molecular weight excluding hydrogens is 320 g/mol. The fraction of sp³-hybridized carbons (Fsp3) is 0.526. The van der Waals surface area contributed by atoms with Gasteiger partial charge in [0, 0.05) is 13.0 Å². The molecule has 2 N–H and O–H groups in total. The fourth-order valence-electron chi connectivity index (χ4n) is 3.20. The number of ether oxygens (including phenoxy) is 1. The summed E-state index contributed by atoms with van der Waals surface area (Å²) in [6.07, 6.45) is 3.24. The minimum absolute atomic E-state index is 0.126. The number of nitrogens with one attached hydrogen (secondary N) is 2. The van der Waals surface area contributed by atoms with Crippen LogP contribution in [0.25, 0.3) is 0 Å². The van der Waals surface area contributed by atoms with Crippen molar-refractivity contribution in [3.8, 4) is 0 Å². The van der Waals surface area contributed by atoms with Gasteiger partial charge in [-0.15, -0.1) is 0 Å². The Morgan fingerprint density at radius 3 is 2.60 bits per heavy atom. The summed E-state index contributed by atoms with van der Waals surface area (Å²) in [5.74, 6) is -0.223. The van der Waals surface area contributed by atoms with Gasteiger partial charge in [0.05, 0.1) is 11.3 Å². The second kappa shape index (κ2) is 8.65. The molecule has 136 valence electrons. The summed E-state index contributed by atoms with van der Waals surface area (Å²) < 4.78 is 5.11. The fourth-order valence-corrected chi connectivity index (χ4v) is 3.20. The molecule has 2 rings (SSSR count). The van der Waals surface area contributed by atoms with E-state index in [0.717, 1.165) is 12.8 Å². The molecule has 2 amide bonds. The first-order valence-electron chi connectivity index (χ1n) is 8.71. The lowest BCUT2D eigenvalue weighted by atomic mass is 9.78. The molecule has 0 bridgehead atoms. The molecule has 1 saturated carbocycles. The van der Waals surface area contributed by atoms with E-state index >= 15 is 0 Å². The lowest BCUT2D eigenvalue weighted by molar-refractivity contribution is -0.125. The molecule has 6 heteroatoms. The molecule has 25 heavy (non-hydrogen) atoms. The van der Waals surface area contributed by atoms with Gasteiger partial charge in [-0.1, -0.05) is 38.8 Å². The molecule has 0 aromatic heterocycles. The Balaban J connectivity index is 1.89. The third kappa shape index (κ3) is 5.31. The highest BCUT2D eigenvalue weighted by Gasteiger charge is 2.28. The number of carbonyl (C=O) groups excluding carboxylic acids is 3. The van der Waals surface area contributed by atoms with Crippen molar-refractivity contribution in [2.24, 2.45) is 11.8 Å². The summed E-state index contributed by atoms with van der Waals surface area (Å²) in [5, 5.41) is 5.54. The molecule has 1 aliphatic carbocycles. The van der Waals surface area contributed by atoms with E-state index in [-0.39, 0.29) is 30.0 Å². The lowest BCUT2D eigenvalue weighted by Gasteiger charge is -2.34. The lowest BCUT2D eigenvalue weighted by Crippen LogP contribution is -2.45. The Hall–Kier alpha value is -2.37. The van der Waals surface area contributed by atoms with Gasteiger partial charge in [0.15, 0.2) is 6.61 Å². The number of para-hydroxylation sites is 1. The molecule has 0 radical (unpaired) electrons. The number of rotatable bonds is 5. The molecule has 0 heterocycles. The maximum Gasteiger partial charge on any atom is 0.340 e. The number of hydrogen-bond acceptors (Lipinski definition) is 4. The summed E-state index contributed by atoms with van der Waals surface area (Å²) in [4.78, 5) is 35.5. The standard InChI is InChI=1S/C19H26N2O4/c1-12-7-6-10-16(13(12)2)21-18(23)11-25-19(24)15-8-4-5-9-17(15)20-14(3)22/h4-5,8-9,12-13,16H,6-7,10-11H2,1-3H3,(H,20,22)(H,21,23). The highest BCUT2D eigenvalue weighted by molar-refractivity contribution is 6.01. The average molecular weight is 346 g/mol.